The van der Waals surface area contributed by atoms with Crippen molar-refractivity contribution < 1.29 is 39.0 Å². The highest BCUT2D eigenvalue weighted by Crippen LogP contribution is 2.11. The van der Waals surface area contributed by atoms with Crippen LogP contribution in [-0.4, -0.2) is 96.7 Å². The molecule has 0 aliphatic rings. The lowest BCUT2D eigenvalue weighted by Gasteiger charge is -2.38. The Labute approximate surface area is 209 Å². The molecule has 204 valence electrons. The Morgan fingerprint density at radius 3 is 0.853 bits per heavy atom. The number of hydrogen-bond donors (Lipinski definition) is 2. The molecule has 0 saturated carbocycles. The summed E-state index contributed by atoms with van der Waals surface area (Å²) in [4.78, 5) is 18.8. The molecule has 0 bridgehead atoms. The number of carbonyl (C=O) groups is 2. The summed E-state index contributed by atoms with van der Waals surface area (Å²) in [6, 6.07) is 0. The Kier molecular flexibility index (Phi) is 26.9. The van der Waals surface area contributed by atoms with Crippen molar-refractivity contribution in [3.8, 4) is 0 Å². The van der Waals surface area contributed by atoms with Crippen molar-refractivity contribution in [3.63, 3.8) is 0 Å². The maximum Gasteiger partial charge on any atom is 0.102 e. The number of carboxylic acid groups (broad SMARTS) is 2. The summed E-state index contributed by atoms with van der Waals surface area (Å²) in [6.45, 7) is 23.3. The van der Waals surface area contributed by atoms with Crippen LogP contribution in [0.15, 0.2) is 12.2 Å². The molecule has 34 heavy (non-hydrogen) atoms. The van der Waals surface area contributed by atoms with E-state index in [0.29, 0.717) is 25.4 Å². The minimum Gasteiger partial charge on any atom is -0.545 e. The molecule has 0 amide bonds. The zero-order valence-corrected chi connectivity index (χ0v) is 22.9. The van der Waals surface area contributed by atoms with Gasteiger partial charge in [-0.1, -0.05) is 41.5 Å². The van der Waals surface area contributed by atoms with Gasteiger partial charge in [0, 0.05) is 0 Å². The Balaban J connectivity index is -0.000000438. The summed E-state index contributed by atoms with van der Waals surface area (Å²) < 4.78 is 2.25. The summed E-state index contributed by atoms with van der Waals surface area (Å²) in [5.41, 5.74) is 0. The van der Waals surface area contributed by atoms with Crippen LogP contribution in [0.25, 0.3) is 0 Å². The first-order valence-corrected chi connectivity index (χ1v) is 13.1. The van der Waals surface area contributed by atoms with Gasteiger partial charge in [-0.2, -0.15) is 0 Å². The van der Waals surface area contributed by atoms with Gasteiger partial charge >= 0.3 is 0 Å². The van der Waals surface area contributed by atoms with Crippen LogP contribution in [0.2, 0.25) is 0 Å². The molecule has 0 spiro atoms. The first-order valence-electron chi connectivity index (χ1n) is 13.1. The Morgan fingerprint density at radius 2 is 0.735 bits per heavy atom. The fourth-order valence-corrected chi connectivity index (χ4v) is 4.75. The van der Waals surface area contributed by atoms with E-state index in [1.54, 1.807) is 0 Å². The van der Waals surface area contributed by atoms with Crippen molar-refractivity contribution in [2.75, 3.05) is 65.6 Å². The quantitative estimate of drug-likeness (QED) is 0.219. The number of aliphatic carboxylic acids is 2. The second-order valence-corrected chi connectivity index (χ2v) is 8.89. The van der Waals surface area contributed by atoms with Crippen molar-refractivity contribution >= 4 is 11.9 Å². The summed E-state index contributed by atoms with van der Waals surface area (Å²) in [6.07, 6.45) is 8.10. The summed E-state index contributed by atoms with van der Waals surface area (Å²) in [7, 11) is 0. The Morgan fingerprint density at radius 1 is 0.529 bits per heavy atom. The van der Waals surface area contributed by atoms with E-state index >= 15 is 0 Å². The van der Waals surface area contributed by atoms with Crippen molar-refractivity contribution in [2.24, 2.45) is 0 Å². The fraction of sp³-hybridized carbons (Fsp3) is 0.846. The average molecular weight is 491 g/mol. The van der Waals surface area contributed by atoms with Gasteiger partial charge in [-0.15, -0.1) is 0 Å². The van der Waals surface area contributed by atoms with E-state index in [4.69, 9.17) is 10.2 Å². The largest absolute Gasteiger partial charge is 0.545 e. The SMILES string of the molecule is CCC[N+](CCC)(CCC)CCO.CCC[N+](CCC)(CCC)CCO.O=C([O-])/C=C/C(=O)[O-]. The number of aliphatic hydroxyl groups is 2. The third-order valence-corrected chi connectivity index (χ3v) is 5.69. The van der Waals surface area contributed by atoms with Crippen LogP contribution in [0.3, 0.4) is 0 Å². The second-order valence-electron chi connectivity index (χ2n) is 8.89. The number of quaternary nitrogens is 2. The van der Waals surface area contributed by atoms with E-state index in [2.05, 4.69) is 41.5 Å². The topological polar surface area (TPSA) is 121 Å². The molecule has 0 heterocycles. The number of carbonyl (C=O) groups excluding carboxylic acids is 2. The van der Waals surface area contributed by atoms with Crippen LogP contribution in [0.1, 0.15) is 80.1 Å². The molecule has 0 radical (unpaired) electrons. The second kappa shape index (κ2) is 24.6. The lowest BCUT2D eigenvalue weighted by molar-refractivity contribution is -0.928. The minimum absolute atomic E-state index is 0.333. The molecular formula is C26H54N2O6. The highest BCUT2D eigenvalue weighted by atomic mass is 16.4. The number of carboxylic acids is 2. The summed E-state index contributed by atoms with van der Waals surface area (Å²) in [5.74, 6) is -3.09. The van der Waals surface area contributed by atoms with Crippen LogP contribution in [0.5, 0.6) is 0 Å². The summed E-state index contributed by atoms with van der Waals surface area (Å²) in [5, 5.41) is 37.0. The van der Waals surface area contributed by atoms with Gasteiger partial charge in [-0.3, -0.25) is 0 Å². The van der Waals surface area contributed by atoms with E-state index < -0.39 is 11.9 Å². The molecule has 8 heteroatoms. The first-order chi connectivity index (χ1) is 16.1. The van der Waals surface area contributed by atoms with Gasteiger partial charge in [0.25, 0.3) is 0 Å². The predicted molar refractivity (Wildman–Crippen MR) is 135 cm³/mol. The van der Waals surface area contributed by atoms with Crippen molar-refractivity contribution in [3.05, 3.63) is 12.2 Å². The number of rotatable bonds is 18. The number of hydrogen-bond acceptors (Lipinski definition) is 6. The van der Waals surface area contributed by atoms with Crippen molar-refractivity contribution in [1.29, 1.82) is 0 Å². The van der Waals surface area contributed by atoms with Gasteiger partial charge in [-0.05, 0) is 50.7 Å². The van der Waals surface area contributed by atoms with E-state index in [1.165, 1.54) is 77.8 Å². The monoisotopic (exact) mass is 490 g/mol. The van der Waals surface area contributed by atoms with Crippen molar-refractivity contribution in [1.82, 2.24) is 0 Å². The van der Waals surface area contributed by atoms with Crippen LogP contribution in [0, 0.1) is 0 Å². The molecule has 0 fully saturated rings. The molecule has 0 aromatic heterocycles. The van der Waals surface area contributed by atoms with Crippen LogP contribution in [-0.2, 0) is 9.59 Å². The summed E-state index contributed by atoms with van der Waals surface area (Å²) >= 11 is 0. The van der Waals surface area contributed by atoms with Gasteiger partial charge in [0.15, 0.2) is 0 Å². The molecule has 0 rings (SSSR count). The molecule has 0 atom stereocenters. The minimum atomic E-state index is -1.55. The normalized spacial score (nSPS) is 11.4. The molecule has 2 N–H and O–H groups in total. The van der Waals surface area contributed by atoms with E-state index in [1.807, 2.05) is 0 Å². The van der Waals surface area contributed by atoms with Gasteiger partial charge in [-0.25, -0.2) is 0 Å². The molecule has 0 aromatic carbocycles. The zero-order valence-electron chi connectivity index (χ0n) is 22.9. The molecule has 0 saturated heterocycles. The average Bonchev–Trinajstić information content (AvgIpc) is 2.75. The number of aliphatic hydroxyl groups excluding tert-OH is 2. The third-order valence-electron chi connectivity index (χ3n) is 5.69. The lowest BCUT2D eigenvalue weighted by atomic mass is 10.2. The van der Waals surface area contributed by atoms with E-state index in [9.17, 15) is 19.8 Å². The molecule has 8 nitrogen and oxygen atoms in total. The maximum atomic E-state index is 9.41. The van der Waals surface area contributed by atoms with Crippen LogP contribution in [0.4, 0.5) is 0 Å². The maximum absolute atomic E-state index is 9.41. The van der Waals surface area contributed by atoms with Gasteiger partial charge in [0.1, 0.15) is 13.1 Å². The fourth-order valence-electron chi connectivity index (χ4n) is 4.75. The molecule has 0 aromatic rings. The molecule has 0 unspecified atom stereocenters. The van der Waals surface area contributed by atoms with Gasteiger partial charge < -0.3 is 39.0 Å². The first kappa shape index (κ1) is 37.1. The van der Waals surface area contributed by atoms with Gasteiger partial charge in [0.05, 0.1) is 64.4 Å². The Bertz CT molecular complexity index is 408. The molecular weight excluding hydrogens is 436 g/mol. The third kappa shape index (κ3) is 21.1. The standard InChI is InChI=1S/2C11H26NO.C4H4O4/c2*1-4-7-12(8-5-2,9-6-3)10-11-13;5-3(6)1-2-4(7)8/h2*13H,4-11H2,1-3H3;1-2H,(H,5,6)(H,7,8)/q2*+1;/p-2/b;;2-1+. The van der Waals surface area contributed by atoms with Crippen LogP contribution >= 0.6 is 0 Å². The Hall–Kier alpha value is -1.48. The lowest BCUT2D eigenvalue weighted by Crippen LogP contribution is -2.51. The van der Waals surface area contributed by atoms with Crippen LogP contribution < -0.4 is 10.2 Å². The van der Waals surface area contributed by atoms with Crippen molar-refractivity contribution in [2.45, 2.75) is 80.1 Å². The predicted octanol–water partition coefficient (Wildman–Crippen LogP) is 1.09. The molecule has 0 aliphatic carbocycles. The highest BCUT2D eigenvalue weighted by Gasteiger charge is 2.24. The molecule has 0 aliphatic heterocycles. The van der Waals surface area contributed by atoms with E-state index in [0.717, 1.165) is 22.1 Å². The zero-order chi connectivity index (χ0) is 26.9. The van der Waals surface area contributed by atoms with E-state index in [-0.39, 0.29) is 0 Å². The number of nitrogens with zero attached hydrogens (tertiary/aromatic N) is 2. The smallest absolute Gasteiger partial charge is 0.102 e. The van der Waals surface area contributed by atoms with Gasteiger partial charge in [0.2, 0.25) is 0 Å². The highest BCUT2D eigenvalue weighted by molar-refractivity contribution is 5.87.